The van der Waals surface area contributed by atoms with Gasteiger partial charge < -0.3 is 5.32 Å². The summed E-state index contributed by atoms with van der Waals surface area (Å²) < 4.78 is 0. The number of nitro benzene ring substituents is 1. The molecule has 1 amide bonds. The Morgan fingerprint density at radius 1 is 1.19 bits per heavy atom. The van der Waals surface area contributed by atoms with E-state index in [1.807, 2.05) is 26.0 Å². The van der Waals surface area contributed by atoms with Crippen molar-refractivity contribution in [3.8, 4) is 11.4 Å². The first-order valence-corrected chi connectivity index (χ1v) is 8.45. The Morgan fingerprint density at radius 2 is 1.93 bits per heavy atom. The van der Waals surface area contributed by atoms with Crippen LogP contribution >= 0.6 is 0 Å². The Bertz CT molecular complexity index is 1010. The normalized spacial score (nSPS) is 10.8. The number of benzene rings is 2. The number of aromatic amines is 1. The average Bonchev–Trinajstić information content (AvgIpc) is 3.12. The highest BCUT2D eigenvalue weighted by atomic mass is 16.6. The summed E-state index contributed by atoms with van der Waals surface area (Å²) in [6.07, 6.45) is 0. The Balaban J connectivity index is 1.94. The van der Waals surface area contributed by atoms with Crippen molar-refractivity contribution in [3.05, 3.63) is 69.5 Å². The Labute approximate surface area is 155 Å². The fourth-order valence-electron chi connectivity index (χ4n) is 2.70. The van der Waals surface area contributed by atoms with Crippen molar-refractivity contribution < 1.29 is 9.72 Å². The maximum atomic E-state index is 12.7. The molecule has 0 radical (unpaired) electrons. The predicted molar refractivity (Wildman–Crippen MR) is 102 cm³/mol. The highest BCUT2D eigenvalue weighted by Gasteiger charge is 2.19. The standard InChI is InChI=1S/C19H19N5O3/c1-11(2)17-21-18(23-22-17)14-7-4-5-9-15(14)20-19(25)13-8-6-10-16(12(13)3)24(26)27/h4-11H,1-3H3,(H,20,25)(H,21,22,23). The van der Waals surface area contributed by atoms with Gasteiger partial charge in [0.05, 0.1) is 10.6 Å². The Hall–Kier alpha value is -3.55. The molecule has 8 heteroatoms. The van der Waals surface area contributed by atoms with Crippen LogP contribution in [0.1, 0.15) is 41.5 Å². The molecule has 0 aliphatic rings. The summed E-state index contributed by atoms with van der Waals surface area (Å²) in [5.41, 5.74) is 1.67. The zero-order chi connectivity index (χ0) is 19.6. The highest BCUT2D eigenvalue weighted by Crippen LogP contribution is 2.27. The van der Waals surface area contributed by atoms with Gasteiger partial charge in [-0.3, -0.25) is 20.0 Å². The van der Waals surface area contributed by atoms with Crippen molar-refractivity contribution in [1.82, 2.24) is 15.2 Å². The van der Waals surface area contributed by atoms with Gasteiger partial charge in [0.1, 0.15) is 5.82 Å². The minimum atomic E-state index is -0.499. The quantitative estimate of drug-likeness (QED) is 0.523. The number of nitro groups is 1. The smallest absolute Gasteiger partial charge is 0.273 e. The first-order chi connectivity index (χ1) is 12.9. The van der Waals surface area contributed by atoms with Gasteiger partial charge in [-0.25, -0.2) is 4.98 Å². The topological polar surface area (TPSA) is 114 Å². The van der Waals surface area contributed by atoms with E-state index in [1.165, 1.54) is 12.1 Å². The van der Waals surface area contributed by atoms with Gasteiger partial charge in [-0.15, -0.1) is 0 Å². The molecule has 0 aliphatic carbocycles. The number of carbonyl (C=O) groups is 1. The third-order valence-corrected chi connectivity index (χ3v) is 4.21. The highest BCUT2D eigenvalue weighted by molar-refractivity contribution is 6.07. The second-order valence-electron chi connectivity index (χ2n) is 6.41. The molecule has 0 saturated carbocycles. The van der Waals surface area contributed by atoms with Gasteiger partial charge >= 0.3 is 0 Å². The van der Waals surface area contributed by atoms with Crippen molar-refractivity contribution in [2.45, 2.75) is 26.7 Å². The van der Waals surface area contributed by atoms with Gasteiger partial charge in [-0.1, -0.05) is 32.0 Å². The Kier molecular flexibility index (Phi) is 4.98. The number of para-hydroxylation sites is 1. The number of hydrogen-bond donors (Lipinski definition) is 2. The molecule has 0 atom stereocenters. The molecule has 1 heterocycles. The minimum absolute atomic E-state index is 0.0912. The van der Waals surface area contributed by atoms with Gasteiger partial charge in [-0.2, -0.15) is 5.10 Å². The van der Waals surface area contributed by atoms with Crippen molar-refractivity contribution in [2.75, 3.05) is 5.32 Å². The van der Waals surface area contributed by atoms with Crippen LogP contribution in [0.15, 0.2) is 42.5 Å². The van der Waals surface area contributed by atoms with Crippen molar-refractivity contribution in [3.63, 3.8) is 0 Å². The van der Waals surface area contributed by atoms with Crippen LogP contribution in [0.4, 0.5) is 11.4 Å². The fourth-order valence-corrected chi connectivity index (χ4v) is 2.70. The first-order valence-electron chi connectivity index (χ1n) is 8.45. The summed E-state index contributed by atoms with van der Waals surface area (Å²) in [5.74, 6) is 0.995. The van der Waals surface area contributed by atoms with E-state index in [0.717, 1.165) is 5.82 Å². The molecule has 3 aromatic rings. The largest absolute Gasteiger partial charge is 0.321 e. The van der Waals surface area contributed by atoms with Gasteiger partial charge in [0, 0.05) is 28.7 Å². The third-order valence-electron chi connectivity index (χ3n) is 4.21. The third kappa shape index (κ3) is 3.69. The van der Waals surface area contributed by atoms with E-state index in [1.54, 1.807) is 25.1 Å². The number of carbonyl (C=O) groups excluding carboxylic acids is 1. The number of anilines is 1. The van der Waals surface area contributed by atoms with Gasteiger partial charge in [0.2, 0.25) is 0 Å². The van der Waals surface area contributed by atoms with Crippen molar-refractivity contribution >= 4 is 17.3 Å². The molecule has 27 heavy (non-hydrogen) atoms. The number of aromatic nitrogens is 3. The summed E-state index contributed by atoms with van der Waals surface area (Å²) in [7, 11) is 0. The summed E-state index contributed by atoms with van der Waals surface area (Å²) in [4.78, 5) is 27.8. The molecule has 3 rings (SSSR count). The number of nitrogens with one attached hydrogen (secondary N) is 2. The number of rotatable bonds is 5. The number of nitrogens with zero attached hydrogens (tertiary/aromatic N) is 3. The van der Waals surface area contributed by atoms with E-state index in [4.69, 9.17) is 0 Å². The molecule has 0 unspecified atom stereocenters. The number of hydrogen-bond acceptors (Lipinski definition) is 5. The zero-order valence-electron chi connectivity index (χ0n) is 15.2. The van der Waals surface area contributed by atoms with Crippen molar-refractivity contribution in [1.29, 1.82) is 0 Å². The van der Waals surface area contributed by atoms with Crippen LogP contribution in [0.5, 0.6) is 0 Å². The summed E-state index contributed by atoms with van der Waals surface area (Å²) in [6.45, 7) is 5.56. The molecule has 0 spiro atoms. The summed E-state index contributed by atoms with van der Waals surface area (Å²) >= 11 is 0. The van der Waals surface area contributed by atoms with E-state index in [0.29, 0.717) is 22.6 Å². The van der Waals surface area contributed by atoms with Crippen LogP contribution in [-0.2, 0) is 0 Å². The van der Waals surface area contributed by atoms with Crippen LogP contribution in [0.3, 0.4) is 0 Å². The van der Waals surface area contributed by atoms with E-state index in [2.05, 4.69) is 20.5 Å². The second kappa shape index (κ2) is 7.36. The molecular formula is C19H19N5O3. The predicted octanol–water partition coefficient (Wildman–Crippen LogP) is 4.06. The van der Waals surface area contributed by atoms with Crippen LogP contribution in [0.25, 0.3) is 11.4 Å². The lowest BCUT2D eigenvalue weighted by Gasteiger charge is -2.10. The fraction of sp³-hybridized carbons (Fsp3) is 0.211. The monoisotopic (exact) mass is 365 g/mol. The number of amides is 1. The molecule has 0 aliphatic heterocycles. The zero-order valence-corrected chi connectivity index (χ0v) is 15.2. The van der Waals surface area contributed by atoms with E-state index >= 15 is 0 Å². The SMILES string of the molecule is Cc1c(C(=O)Nc2ccccc2-c2n[nH]c(C(C)C)n2)cccc1[N+](=O)[O-]. The first kappa shape index (κ1) is 18.2. The van der Waals surface area contributed by atoms with E-state index in [9.17, 15) is 14.9 Å². The van der Waals surface area contributed by atoms with Crippen LogP contribution < -0.4 is 5.32 Å². The number of H-pyrrole nitrogens is 1. The van der Waals surface area contributed by atoms with Crippen LogP contribution in [-0.4, -0.2) is 26.0 Å². The molecule has 0 bridgehead atoms. The summed E-state index contributed by atoms with van der Waals surface area (Å²) in [6, 6.07) is 11.6. The average molecular weight is 365 g/mol. The molecular weight excluding hydrogens is 346 g/mol. The maximum absolute atomic E-state index is 12.7. The molecule has 138 valence electrons. The lowest BCUT2D eigenvalue weighted by molar-refractivity contribution is -0.385. The van der Waals surface area contributed by atoms with E-state index < -0.39 is 10.8 Å². The van der Waals surface area contributed by atoms with Crippen LogP contribution in [0, 0.1) is 17.0 Å². The lowest BCUT2D eigenvalue weighted by atomic mass is 10.1. The van der Waals surface area contributed by atoms with Crippen LogP contribution in [0.2, 0.25) is 0 Å². The Morgan fingerprint density at radius 3 is 2.59 bits per heavy atom. The van der Waals surface area contributed by atoms with E-state index in [-0.39, 0.29) is 17.2 Å². The van der Waals surface area contributed by atoms with Gasteiger partial charge in [0.25, 0.3) is 11.6 Å². The molecule has 8 nitrogen and oxygen atoms in total. The molecule has 0 fully saturated rings. The second-order valence-corrected chi connectivity index (χ2v) is 6.41. The molecule has 2 N–H and O–H groups in total. The molecule has 1 aromatic heterocycles. The lowest BCUT2D eigenvalue weighted by Crippen LogP contribution is -2.14. The van der Waals surface area contributed by atoms with Gasteiger partial charge in [-0.05, 0) is 25.1 Å². The maximum Gasteiger partial charge on any atom is 0.273 e. The van der Waals surface area contributed by atoms with Gasteiger partial charge in [0.15, 0.2) is 5.82 Å². The molecule has 0 saturated heterocycles. The minimum Gasteiger partial charge on any atom is -0.321 e. The van der Waals surface area contributed by atoms with Crippen molar-refractivity contribution in [2.24, 2.45) is 0 Å². The summed E-state index contributed by atoms with van der Waals surface area (Å²) in [5, 5.41) is 21.0. The molecule has 2 aromatic carbocycles.